The highest BCUT2D eigenvalue weighted by Gasteiger charge is 2.29. The third-order valence-electron chi connectivity index (χ3n) is 3.14. The van der Waals surface area contributed by atoms with E-state index in [0.29, 0.717) is 24.4 Å². The molecule has 0 saturated heterocycles. The molecule has 0 fully saturated rings. The van der Waals surface area contributed by atoms with E-state index in [1.165, 1.54) is 0 Å². The van der Waals surface area contributed by atoms with Gasteiger partial charge in [0.25, 0.3) is 5.91 Å². The van der Waals surface area contributed by atoms with E-state index >= 15 is 0 Å². The average Bonchev–Trinajstić information content (AvgIpc) is 2.65. The van der Waals surface area contributed by atoms with Crippen molar-refractivity contribution in [3.8, 4) is 0 Å². The van der Waals surface area contributed by atoms with Crippen molar-refractivity contribution in [3.05, 3.63) is 17.3 Å². The van der Waals surface area contributed by atoms with Crippen LogP contribution in [0.2, 0.25) is 0 Å². The zero-order valence-electron chi connectivity index (χ0n) is 10.8. The van der Waals surface area contributed by atoms with Gasteiger partial charge in [0.2, 0.25) is 5.76 Å². The van der Waals surface area contributed by atoms with Gasteiger partial charge in [-0.15, -0.1) is 0 Å². The molecule has 1 heterocycles. The van der Waals surface area contributed by atoms with Crippen LogP contribution in [0.5, 0.6) is 0 Å². The van der Waals surface area contributed by atoms with Crippen LogP contribution in [-0.4, -0.2) is 28.1 Å². The monoisotopic (exact) mass is 240 g/mol. The van der Waals surface area contributed by atoms with E-state index in [9.17, 15) is 9.90 Å². The van der Waals surface area contributed by atoms with E-state index in [1.807, 2.05) is 13.8 Å². The third kappa shape index (κ3) is 2.85. The first-order chi connectivity index (χ1) is 7.98. The highest BCUT2D eigenvalue weighted by molar-refractivity contribution is 5.92. The lowest BCUT2D eigenvalue weighted by Crippen LogP contribution is -2.50. The molecular formula is C12H20N2O3. The zero-order chi connectivity index (χ0) is 13.1. The first-order valence-electron chi connectivity index (χ1n) is 5.85. The number of oxazole rings is 1. The summed E-state index contributed by atoms with van der Waals surface area (Å²) in [7, 11) is 0. The second-order valence-corrected chi connectivity index (χ2v) is 4.25. The summed E-state index contributed by atoms with van der Waals surface area (Å²) in [6.07, 6.45) is 1.33. The molecular weight excluding hydrogens is 220 g/mol. The Bertz CT molecular complexity index is 386. The van der Waals surface area contributed by atoms with Gasteiger partial charge in [0.15, 0.2) is 5.89 Å². The van der Waals surface area contributed by atoms with E-state index in [2.05, 4.69) is 10.3 Å². The number of rotatable bonds is 5. The molecule has 17 heavy (non-hydrogen) atoms. The number of aromatic nitrogens is 1. The normalized spacial score (nSPS) is 11.6. The Morgan fingerprint density at radius 1 is 1.41 bits per heavy atom. The molecule has 0 unspecified atom stereocenters. The first kappa shape index (κ1) is 13.7. The number of aryl methyl sites for hydroxylation is 2. The summed E-state index contributed by atoms with van der Waals surface area (Å²) in [6, 6.07) is 0. The Hall–Kier alpha value is -1.36. The fraction of sp³-hybridized carbons (Fsp3) is 0.667. The number of hydrogen-bond acceptors (Lipinski definition) is 4. The van der Waals surface area contributed by atoms with Gasteiger partial charge in [-0.05, 0) is 19.8 Å². The van der Waals surface area contributed by atoms with Crippen molar-refractivity contribution < 1.29 is 14.3 Å². The molecule has 0 radical (unpaired) electrons. The van der Waals surface area contributed by atoms with E-state index in [4.69, 9.17) is 4.42 Å². The van der Waals surface area contributed by atoms with Gasteiger partial charge >= 0.3 is 0 Å². The topological polar surface area (TPSA) is 75.4 Å². The van der Waals surface area contributed by atoms with Crippen molar-refractivity contribution in [2.75, 3.05) is 6.61 Å². The summed E-state index contributed by atoms with van der Waals surface area (Å²) in [5.74, 6) is 0.373. The number of nitrogens with zero attached hydrogens (tertiary/aromatic N) is 1. The molecule has 0 aliphatic heterocycles. The van der Waals surface area contributed by atoms with Crippen LogP contribution in [0.25, 0.3) is 0 Å². The van der Waals surface area contributed by atoms with Crippen molar-refractivity contribution in [3.63, 3.8) is 0 Å². The molecule has 1 rings (SSSR count). The number of hydrogen-bond donors (Lipinski definition) is 2. The van der Waals surface area contributed by atoms with Gasteiger partial charge in [-0.1, -0.05) is 13.8 Å². The summed E-state index contributed by atoms with van der Waals surface area (Å²) >= 11 is 0. The van der Waals surface area contributed by atoms with Crippen LogP contribution in [0, 0.1) is 13.8 Å². The molecule has 5 nitrogen and oxygen atoms in total. The summed E-state index contributed by atoms with van der Waals surface area (Å²) < 4.78 is 5.25. The van der Waals surface area contributed by atoms with Crippen molar-refractivity contribution in [1.82, 2.24) is 10.3 Å². The summed E-state index contributed by atoms with van der Waals surface area (Å²) in [4.78, 5) is 16.1. The summed E-state index contributed by atoms with van der Waals surface area (Å²) in [5.41, 5.74) is -0.0106. The molecule has 96 valence electrons. The highest BCUT2D eigenvalue weighted by atomic mass is 16.4. The molecule has 5 heteroatoms. The quantitative estimate of drug-likeness (QED) is 0.819. The van der Waals surface area contributed by atoms with Crippen LogP contribution in [-0.2, 0) is 0 Å². The second kappa shape index (κ2) is 5.31. The molecule has 1 aromatic rings. The highest BCUT2D eigenvalue weighted by Crippen LogP contribution is 2.17. The Kier molecular flexibility index (Phi) is 4.28. The predicted octanol–water partition coefficient (Wildman–Crippen LogP) is 1.57. The predicted molar refractivity (Wildman–Crippen MR) is 63.8 cm³/mol. The maximum Gasteiger partial charge on any atom is 0.289 e. The SMILES string of the molecule is CCC(CC)(CO)NC(=O)c1oc(C)nc1C. The molecule has 0 saturated carbocycles. The standard InChI is InChI=1S/C12H20N2O3/c1-5-12(6-2,7-15)14-11(16)10-8(3)13-9(4)17-10/h15H,5-7H2,1-4H3,(H,14,16). The fourth-order valence-corrected chi connectivity index (χ4v) is 1.73. The van der Waals surface area contributed by atoms with Crippen LogP contribution in [0.1, 0.15) is 48.8 Å². The molecule has 0 atom stereocenters. The fourth-order valence-electron chi connectivity index (χ4n) is 1.73. The lowest BCUT2D eigenvalue weighted by atomic mass is 9.93. The van der Waals surface area contributed by atoms with Gasteiger partial charge in [0.05, 0.1) is 17.8 Å². The van der Waals surface area contributed by atoms with Crippen molar-refractivity contribution >= 4 is 5.91 Å². The lowest BCUT2D eigenvalue weighted by molar-refractivity contribution is 0.0788. The average molecular weight is 240 g/mol. The molecule has 0 aliphatic carbocycles. The molecule has 0 spiro atoms. The van der Waals surface area contributed by atoms with Crippen LogP contribution in [0.3, 0.4) is 0 Å². The van der Waals surface area contributed by atoms with E-state index in [0.717, 1.165) is 0 Å². The second-order valence-electron chi connectivity index (χ2n) is 4.25. The van der Waals surface area contributed by atoms with Crippen LogP contribution in [0.4, 0.5) is 0 Å². The summed E-state index contributed by atoms with van der Waals surface area (Å²) in [6.45, 7) is 7.20. The maximum atomic E-state index is 12.0. The molecule has 0 aliphatic rings. The van der Waals surface area contributed by atoms with E-state index in [-0.39, 0.29) is 18.3 Å². The Morgan fingerprint density at radius 2 is 2.00 bits per heavy atom. The molecule has 0 aromatic carbocycles. The third-order valence-corrected chi connectivity index (χ3v) is 3.14. The minimum atomic E-state index is -0.579. The van der Waals surface area contributed by atoms with Gasteiger partial charge in [-0.3, -0.25) is 4.79 Å². The van der Waals surface area contributed by atoms with Gasteiger partial charge in [0, 0.05) is 6.92 Å². The maximum absolute atomic E-state index is 12.0. The number of aliphatic hydroxyl groups excluding tert-OH is 1. The number of amides is 1. The molecule has 1 aromatic heterocycles. The Balaban J connectivity index is 2.88. The Morgan fingerprint density at radius 3 is 2.35 bits per heavy atom. The van der Waals surface area contributed by atoms with Gasteiger partial charge in [-0.2, -0.15) is 0 Å². The van der Waals surface area contributed by atoms with Crippen molar-refractivity contribution in [1.29, 1.82) is 0 Å². The molecule has 0 bridgehead atoms. The minimum absolute atomic E-state index is 0.0854. The largest absolute Gasteiger partial charge is 0.436 e. The van der Waals surface area contributed by atoms with Crippen LogP contribution >= 0.6 is 0 Å². The number of carbonyl (C=O) groups is 1. The minimum Gasteiger partial charge on any atom is -0.436 e. The van der Waals surface area contributed by atoms with Crippen LogP contribution in [0.15, 0.2) is 4.42 Å². The number of aliphatic hydroxyl groups is 1. The van der Waals surface area contributed by atoms with Crippen molar-refractivity contribution in [2.45, 2.75) is 46.1 Å². The Labute approximate surface area is 101 Å². The molecule has 2 N–H and O–H groups in total. The van der Waals surface area contributed by atoms with Crippen molar-refractivity contribution in [2.24, 2.45) is 0 Å². The zero-order valence-corrected chi connectivity index (χ0v) is 10.8. The number of carbonyl (C=O) groups excluding carboxylic acids is 1. The summed E-state index contributed by atoms with van der Waals surface area (Å²) in [5, 5.41) is 12.2. The smallest absolute Gasteiger partial charge is 0.289 e. The van der Waals surface area contributed by atoms with Gasteiger partial charge < -0.3 is 14.8 Å². The molecule has 1 amide bonds. The van der Waals surface area contributed by atoms with Crippen LogP contribution < -0.4 is 5.32 Å². The first-order valence-corrected chi connectivity index (χ1v) is 5.85. The van der Waals surface area contributed by atoms with Gasteiger partial charge in [-0.25, -0.2) is 4.98 Å². The van der Waals surface area contributed by atoms with Gasteiger partial charge in [0.1, 0.15) is 0 Å². The van der Waals surface area contributed by atoms with E-state index < -0.39 is 5.54 Å². The van der Waals surface area contributed by atoms with E-state index in [1.54, 1.807) is 13.8 Å². The number of nitrogens with one attached hydrogen (secondary N) is 1. The lowest BCUT2D eigenvalue weighted by Gasteiger charge is -2.30.